The summed E-state index contributed by atoms with van der Waals surface area (Å²) in [6.07, 6.45) is 0. The summed E-state index contributed by atoms with van der Waals surface area (Å²) in [5.74, 6) is 2.91. The molecule has 0 spiro atoms. The van der Waals surface area contributed by atoms with E-state index in [2.05, 4.69) is 34.6 Å². The van der Waals surface area contributed by atoms with E-state index in [1.54, 1.807) is 0 Å². The first kappa shape index (κ1) is 6.69. The van der Waals surface area contributed by atoms with Gasteiger partial charge in [-0.3, -0.25) is 0 Å². The van der Waals surface area contributed by atoms with Crippen LogP contribution in [0.15, 0.2) is 0 Å². The van der Waals surface area contributed by atoms with E-state index in [9.17, 15) is 0 Å². The van der Waals surface area contributed by atoms with Crippen LogP contribution in [0.2, 0.25) is 0 Å². The molecule has 0 nitrogen and oxygen atoms in total. The van der Waals surface area contributed by atoms with Crippen molar-refractivity contribution < 1.29 is 0 Å². The van der Waals surface area contributed by atoms with Crippen LogP contribution in [-0.4, -0.2) is 0 Å². The SMILES string of the molecule is CC1C(C)C2(C)C(C)C12C. The highest BCUT2D eigenvalue weighted by molar-refractivity contribution is 5.28. The van der Waals surface area contributed by atoms with Gasteiger partial charge in [0.15, 0.2) is 0 Å². The van der Waals surface area contributed by atoms with Crippen molar-refractivity contribution in [3.8, 4) is 0 Å². The van der Waals surface area contributed by atoms with Gasteiger partial charge in [0, 0.05) is 0 Å². The van der Waals surface area contributed by atoms with Crippen LogP contribution in [0.25, 0.3) is 0 Å². The summed E-state index contributed by atoms with van der Waals surface area (Å²) in [4.78, 5) is 0. The zero-order valence-corrected chi connectivity index (χ0v) is 7.73. The lowest BCUT2D eigenvalue weighted by Crippen LogP contribution is -2.39. The molecule has 10 heavy (non-hydrogen) atoms. The average molecular weight is 138 g/mol. The molecular formula is C10H18. The number of rotatable bonds is 0. The first-order chi connectivity index (χ1) is 4.47. The second-order valence-electron chi connectivity index (χ2n) is 4.86. The monoisotopic (exact) mass is 138 g/mol. The summed E-state index contributed by atoms with van der Waals surface area (Å²) in [5, 5.41) is 0. The number of fused-ring (bicyclic) bond motifs is 1. The third kappa shape index (κ3) is 0.320. The summed E-state index contributed by atoms with van der Waals surface area (Å²) >= 11 is 0. The highest BCUT2D eigenvalue weighted by Crippen LogP contribution is 2.85. The lowest BCUT2D eigenvalue weighted by atomic mass is 9.60. The zero-order chi connectivity index (χ0) is 7.73. The molecule has 2 fully saturated rings. The molecule has 0 saturated heterocycles. The summed E-state index contributed by atoms with van der Waals surface area (Å²) in [6.45, 7) is 12.2. The van der Waals surface area contributed by atoms with E-state index in [0.29, 0.717) is 10.8 Å². The van der Waals surface area contributed by atoms with Gasteiger partial charge < -0.3 is 0 Å². The van der Waals surface area contributed by atoms with Crippen molar-refractivity contribution in [3.05, 3.63) is 0 Å². The molecule has 2 rings (SSSR count). The molecule has 0 bridgehead atoms. The first-order valence-electron chi connectivity index (χ1n) is 4.47. The van der Waals surface area contributed by atoms with E-state index < -0.39 is 0 Å². The third-order valence-corrected chi connectivity index (χ3v) is 5.52. The van der Waals surface area contributed by atoms with Gasteiger partial charge >= 0.3 is 0 Å². The van der Waals surface area contributed by atoms with Gasteiger partial charge in [-0.1, -0.05) is 34.6 Å². The molecule has 0 N–H and O–H groups in total. The largest absolute Gasteiger partial charge is 0.0617 e. The predicted octanol–water partition coefficient (Wildman–Crippen LogP) is 2.93. The van der Waals surface area contributed by atoms with Gasteiger partial charge in [-0.25, -0.2) is 0 Å². The molecule has 0 aromatic rings. The Bertz CT molecular complexity index is 152. The molecule has 4 atom stereocenters. The second-order valence-corrected chi connectivity index (χ2v) is 4.86. The zero-order valence-electron chi connectivity index (χ0n) is 7.73. The Morgan fingerprint density at radius 1 is 0.800 bits per heavy atom. The molecule has 0 aromatic heterocycles. The van der Waals surface area contributed by atoms with Gasteiger partial charge in [0.2, 0.25) is 0 Å². The fourth-order valence-electron chi connectivity index (χ4n) is 3.84. The van der Waals surface area contributed by atoms with Crippen LogP contribution >= 0.6 is 0 Å². The molecule has 2 saturated carbocycles. The van der Waals surface area contributed by atoms with Crippen LogP contribution in [-0.2, 0) is 0 Å². The van der Waals surface area contributed by atoms with E-state index in [-0.39, 0.29) is 0 Å². The lowest BCUT2D eigenvalue weighted by Gasteiger charge is -2.45. The van der Waals surface area contributed by atoms with Gasteiger partial charge in [0.1, 0.15) is 0 Å². The van der Waals surface area contributed by atoms with E-state index in [4.69, 9.17) is 0 Å². The van der Waals surface area contributed by atoms with Crippen LogP contribution < -0.4 is 0 Å². The van der Waals surface area contributed by atoms with E-state index in [1.165, 1.54) is 0 Å². The van der Waals surface area contributed by atoms with Gasteiger partial charge in [-0.05, 0) is 28.6 Å². The topological polar surface area (TPSA) is 0 Å². The molecule has 0 aromatic carbocycles. The molecule has 0 radical (unpaired) electrons. The molecular weight excluding hydrogens is 120 g/mol. The van der Waals surface area contributed by atoms with Crippen LogP contribution in [0.4, 0.5) is 0 Å². The Labute approximate surface area is 64.0 Å². The summed E-state index contributed by atoms with van der Waals surface area (Å²) in [6, 6.07) is 0. The summed E-state index contributed by atoms with van der Waals surface area (Å²) < 4.78 is 0. The summed E-state index contributed by atoms with van der Waals surface area (Å²) in [5.41, 5.74) is 1.43. The Kier molecular flexibility index (Phi) is 0.874. The molecule has 4 unspecified atom stereocenters. The molecule has 0 aliphatic heterocycles. The highest BCUT2D eigenvalue weighted by Gasteiger charge is 2.81. The smallest absolute Gasteiger partial charge is 0.0207 e. The average Bonchev–Trinajstić information content (AvgIpc) is 2.33. The van der Waals surface area contributed by atoms with Crippen molar-refractivity contribution in [1.82, 2.24) is 0 Å². The standard InChI is InChI=1S/C10H18/c1-6-7(2)10(5)8(3)9(6,10)4/h6-8H,1-5H3. The third-order valence-electron chi connectivity index (χ3n) is 5.52. The van der Waals surface area contributed by atoms with Gasteiger partial charge in [-0.15, -0.1) is 0 Å². The fourth-order valence-corrected chi connectivity index (χ4v) is 3.84. The van der Waals surface area contributed by atoms with E-state index in [1.807, 2.05) is 0 Å². The maximum atomic E-state index is 2.46. The molecule has 0 heteroatoms. The molecule has 58 valence electrons. The maximum absolute atomic E-state index is 2.46. The van der Waals surface area contributed by atoms with Crippen LogP contribution in [0, 0.1) is 28.6 Å². The Morgan fingerprint density at radius 2 is 1.10 bits per heavy atom. The van der Waals surface area contributed by atoms with Crippen molar-refractivity contribution in [1.29, 1.82) is 0 Å². The second kappa shape index (κ2) is 1.31. The van der Waals surface area contributed by atoms with Crippen LogP contribution in [0.5, 0.6) is 0 Å². The van der Waals surface area contributed by atoms with Crippen LogP contribution in [0.3, 0.4) is 0 Å². The minimum atomic E-state index is 0.715. The van der Waals surface area contributed by atoms with Crippen molar-refractivity contribution in [3.63, 3.8) is 0 Å². The minimum Gasteiger partial charge on any atom is -0.0617 e. The van der Waals surface area contributed by atoms with Crippen molar-refractivity contribution in [2.24, 2.45) is 28.6 Å². The Hall–Kier alpha value is 0. The van der Waals surface area contributed by atoms with E-state index >= 15 is 0 Å². The molecule has 0 heterocycles. The maximum Gasteiger partial charge on any atom is -0.0207 e. The predicted molar refractivity (Wildman–Crippen MR) is 43.7 cm³/mol. The quantitative estimate of drug-likeness (QED) is 0.483. The first-order valence-corrected chi connectivity index (χ1v) is 4.47. The van der Waals surface area contributed by atoms with Crippen molar-refractivity contribution >= 4 is 0 Å². The van der Waals surface area contributed by atoms with Gasteiger partial charge in [-0.2, -0.15) is 0 Å². The van der Waals surface area contributed by atoms with Gasteiger partial charge in [0.25, 0.3) is 0 Å². The van der Waals surface area contributed by atoms with Crippen molar-refractivity contribution in [2.45, 2.75) is 34.6 Å². The number of hydrogen-bond acceptors (Lipinski definition) is 0. The Balaban J connectivity index is 2.31. The number of hydrogen-bond donors (Lipinski definition) is 0. The van der Waals surface area contributed by atoms with Gasteiger partial charge in [0.05, 0.1) is 0 Å². The molecule has 2 aliphatic rings. The molecule has 2 aliphatic carbocycles. The highest BCUT2D eigenvalue weighted by atomic mass is 14.8. The van der Waals surface area contributed by atoms with E-state index in [0.717, 1.165) is 17.8 Å². The Morgan fingerprint density at radius 3 is 1.20 bits per heavy atom. The van der Waals surface area contributed by atoms with Crippen LogP contribution in [0.1, 0.15) is 34.6 Å². The minimum absolute atomic E-state index is 0.715. The normalized spacial score (nSPS) is 72.3. The summed E-state index contributed by atoms with van der Waals surface area (Å²) in [7, 11) is 0. The fraction of sp³-hybridized carbons (Fsp3) is 1.00. The lowest BCUT2D eigenvalue weighted by molar-refractivity contribution is 0.0302. The molecule has 0 amide bonds. The van der Waals surface area contributed by atoms with Crippen molar-refractivity contribution in [2.75, 3.05) is 0 Å².